The fourth-order valence-corrected chi connectivity index (χ4v) is 2.42. The highest BCUT2D eigenvalue weighted by atomic mass is 16.4. The number of carboxylic acid groups (broad SMARTS) is 1. The summed E-state index contributed by atoms with van der Waals surface area (Å²) >= 11 is 0. The average Bonchev–Trinajstić information content (AvgIpc) is 2.45. The van der Waals surface area contributed by atoms with Crippen molar-refractivity contribution in [2.75, 3.05) is 0 Å². The van der Waals surface area contributed by atoms with Crippen LogP contribution in [0, 0.1) is 12.3 Å². The van der Waals surface area contributed by atoms with E-state index in [1.54, 1.807) is 0 Å². The Morgan fingerprint density at radius 3 is 2.14 bits per heavy atom. The van der Waals surface area contributed by atoms with Gasteiger partial charge in [-0.05, 0) is 32.3 Å². The third-order valence-electron chi connectivity index (χ3n) is 4.26. The molecule has 0 saturated heterocycles. The second kappa shape index (κ2) is 7.25. The van der Waals surface area contributed by atoms with Crippen LogP contribution in [0.25, 0.3) is 0 Å². The molecule has 1 amide bonds. The summed E-state index contributed by atoms with van der Waals surface area (Å²) in [5.74, 6) is -1.11. The number of carbonyl (C=O) groups excluding carboxylic acids is 1. The van der Waals surface area contributed by atoms with Gasteiger partial charge in [0.05, 0.1) is 11.5 Å². The Morgan fingerprint density at radius 2 is 1.71 bits per heavy atom. The molecule has 0 spiro atoms. The highest BCUT2D eigenvalue weighted by Gasteiger charge is 2.37. The summed E-state index contributed by atoms with van der Waals surface area (Å²) in [6.45, 7) is 7.54. The van der Waals surface area contributed by atoms with Crippen LogP contribution >= 0.6 is 0 Å². The summed E-state index contributed by atoms with van der Waals surface area (Å²) in [7, 11) is 0. The molecule has 0 aliphatic heterocycles. The molecule has 4 nitrogen and oxygen atoms in total. The Morgan fingerprint density at radius 1 is 1.19 bits per heavy atom. The number of aryl methyl sites for hydroxylation is 1. The van der Waals surface area contributed by atoms with Crippen molar-refractivity contribution in [3.8, 4) is 0 Å². The van der Waals surface area contributed by atoms with Gasteiger partial charge in [-0.2, -0.15) is 0 Å². The van der Waals surface area contributed by atoms with Gasteiger partial charge in [-0.15, -0.1) is 0 Å². The lowest BCUT2D eigenvalue weighted by atomic mass is 9.79. The van der Waals surface area contributed by atoms with Crippen LogP contribution < -0.4 is 5.32 Å². The summed E-state index contributed by atoms with van der Waals surface area (Å²) in [5, 5.41) is 12.3. The number of rotatable bonds is 7. The molecule has 1 aromatic rings. The first-order chi connectivity index (χ1) is 9.84. The van der Waals surface area contributed by atoms with E-state index in [-0.39, 0.29) is 18.4 Å². The van der Waals surface area contributed by atoms with Crippen LogP contribution in [0.4, 0.5) is 0 Å². The molecule has 1 rings (SSSR count). The third kappa shape index (κ3) is 4.31. The minimum absolute atomic E-state index is 0.0194. The Bertz CT molecular complexity index is 489. The molecular formula is C17H25NO3. The Kier molecular flexibility index (Phi) is 5.94. The monoisotopic (exact) mass is 291 g/mol. The van der Waals surface area contributed by atoms with Crippen molar-refractivity contribution in [1.29, 1.82) is 0 Å². The second-order valence-electron chi connectivity index (χ2n) is 5.67. The number of hydrogen-bond donors (Lipinski definition) is 2. The Balaban J connectivity index is 2.72. The molecule has 2 N–H and O–H groups in total. The standard InChI is InChI=1S/C17H25NO3/c1-5-17(6-2,16(20)21)11-15(19)18-13(4)14-9-7-12(3)8-10-14/h7-10,13H,5-6,11H2,1-4H3,(H,18,19)(H,20,21). The van der Waals surface area contributed by atoms with Gasteiger partial charge in [0.25, 0.3) is 0 Å². The van der Waals surface area contributed by atoms with Crippen molar-refractivity contribution in [2.24, 2.45) is 5.41 Å². The lowest BCUT2D eigenvalue weighted by Gasteiger charge is -2.26. The van der Waals surface area contributed by atoms with Crippen LogP contribution in [0.15, 0.2) is 24.3 Å². The minimum atomic E-state index is -0.961. The molecule has 116 valence electrons. The number of carbonyl (C=O) groups is 2. The number of amides is 1. The quantitative estimate of drug-likeness (QED) is 0.808. The first-order valence-electron chi connectivity index (χ1n) is 7.44. The van der Waals surface area contributed by atoms with Gasteiger partial charge in [0.1, 0.15) is 0 Å². The van der Waals surface area contributed by atoms with E-state index >= 15 is 0 Å². The molecule has 0 bridgehead atoms. The topological polar surface area (TPSA) is 66.4 Å². The van der Waals surface area contributed by atoms with Crippen LogP contribution in [0.3, 0.4) is 0 Å². The number of nitrogens with one attached hydrogen (secondary N) is 1. The third-order valence-corrected chi connectivity index (χ3v) is 4.26. The summed E-state index contributed by atoms with van der Waals surface area (Å²) in [4.78, 5) is 23.6. The highest BCUT2D eigenvalue weighted by molar-refractivity contribution is 5.85. The fourth-order valence-electron chi connectivity index (χ4n) is 2.42. The zero-order valence-corrected chi connectivity index (χ0v) is 13.3. The zero-order chi connectivity index (χ0) is 16.0. The lowest BCUT2D eigenvalue weighted by molar-refractivity contribution is -0.152. The van der Waals surface area contributed by atoms with Crippen LogP contribution in [0.5, 0.6) is 0 Å². The van der Waals surface area contributed by atoms with Crippen molar-refractivity contribution >= 4 is 11.9 Å². The van der Waals surface area contributed by atoms with E-state index in [2.05, 4.69) is 5.32 Å². The number of aliphatic carboxylic acids is 1. The summed E-state index contributed by atoms with van der Waals surface area (Å²) in [6.07, 6.45) is 0.919. The van der Waals surface area contributed by atoms with E-state index in [9.17, 15) is 14.7 Å². The predicted octanol–water partition coefficient (Wildman–Crippen LogP) is 3.45. The van der Waals surface area contributed by atoms with E-state index in [1.807, 2.05) is 52.0 Å². The molecule has 21 heavy (non-hydrogen) atoms. The van der Waals surface area contributed by atoms with Gasteiger partial charge >= 0.3 is 5.97 Å². The van der Waals surface area contributed by atoms with Gasteiger partial charge in [0.2, 0.25) is 5.91 Å². The van der Waals surface area contributed by atoms with E-state index in [1.165, 1.54) is 5.56 Å². The molecule has 0 aliphatic rings. The zero-order valence-electron chi connectivity index (χ0n) is 13.3. The van der Waals surface area contributed by atoms with Gasteiger partial charge in [-0.3, -0.25) is 9.59 Å². The van der Waals surface area contributed by atoms with E-state index < -0.39 is 11.4 Å². The van der Waals surface area contributed by atoms with Crippen LogP contribution in [0.2, 0.25) is 0 Å². The number of benzene rings is 1. The van der Waals surface area contributed by atoms with Crippen LogP contribution in [0.1, 0.15) is 57.2 Å². The van der Waals surface area contributed by atoms with Crippen molar-refractivity contribution < 1.29 is 14.7 Å². The molecule has 0 radical (unpaired) electrons. The molecule has 1 unspecified atom stereocenters. The second-order valence-corrected chi connectivity index (χ2v) is 5.67. The molecule has 0 aliphatic carbocycles. The molecular weight excluding hydrogens is 266 g/mol. The van der Waals surface area contributed by atoms with Gasteiger partial charge < -0.3 is 10.4 Å². The predicted molar refractivity (Wildman–Crippen MR) is 83.0 cm³/mol. The van der Waals surface area contributed by atoms with Crippen LogP contribution in [-0.4, -0.2) is 17.0 Å². The van der Waals surface area contributed by atoms with E-state index in [4.69, 9.17) is 0 Å². The maximum Gasteiger partial charge on any atom is 0.310 e. The molecule has 0 fully saturated rings. The maximum atomic E-state index is 12.2. The molecule has 1 atom stereocenters. The minimum Gasteiger partial charge on any atom is -0.481 e. The Hall–Kier alpha value is -1.84. The van der Waals surface area contributed by atoms with Crippen molar-refractivity contribution in [3.63, 3.8) is 0 Å². The van der Waals surface area contributed by atoms with Gasteiger partial charge in [-0.1, -0.05) is 43.7 Å². The Labute approximate surface area is 126 Å². The van der Waals surface area contributed by atoms with Crippen molar-refractivity contribution in [1.82, 2.24) is 5.32 Å². The van der Waals surface area contributed by atoms with Gasteiger partial charge in [-0.25, -0.2) is 0 Å². The normalized spacial score (nSPS) is 12.8. The van der Waals surface area contributed by atoms with Crippen molar-refractivity contribution in [3.05, 3.63) is 35.4 Å². The molecule has 0 heterocycles. The fraction of sp³-hybridized carbons (Fsp3) is 0.529. The summed E-state index contributed by atoms with van der Waals surface area (Å²) in [6, 6.07) is 7.82. The smallest absolute Gasteiger partial charge is 0.310 e. The summed E-state index contributed by atoms with van der Waals surface area (Å²) < 4.78 is 0. The SMILES string of the molecule is CCC(CC)(CC(=O)NC(C)c1ccc(C)cc1)C(=O)O. The highest BCUT2D eigenvalue weighted by Crippen LogP contribution is 2.31. The molecule has 1 aromatic carbocycles. The van der Waals surface area contributed by atoms with Crippen molar-refractivity contribution in [2.45, 2.75) is 53.0 Å². The first-order valence-corrected chi connectivity index (χ1v) is 7.44. The average molecular weight is 291 g/mol. The largest absolute Gasteiger partial charge is 0.481 e. The molecule has 0 saturated carbocycles. The number of carboxylic acids is 1. The van der Waals surface area contributed by atoms with E-state index in [0.717, 1.165) is 5.56 Å². The first kappa shape index (κ1) is 17.2. The van der Waals surface area contributed by atoms with Gasteiger partial charge in [0, 0.05) is 6.42 Å². The summed E-state index contributed by atoms with van der Waals surface area (Å²) in [5.41, 5.74) is 1.22. The maximum absolute atomic E-state index is 12.2. The van der Waals surface area contributed by atoms with E-state index in [0.29, 0.717) is 12.8 Å². The molecule has 0 aromatic heterocycles. The van der Waals surface area contributed by atoms with Crippen LogP contribution in [-0.2, 0) is 9.59 Å². The van der Waals surface area contributed by atoms with Gasteiger partial charge in [0.15, 0.2) is 0 Å². The lowest BCUT2D eigenvalue weighted by Crippen LogP contribution is -2.37. The number of hydrogen-bond acceptors (Lipinski definition) is 2. The molecule has 4 heteroatoms.